The smallest absolute Gasteiger partial charge is 0.332 e. The molecule has 6 nitrogen and oxygen atoms in total. The highest BCUT2D eigenvalue weighted by Crippen LogP contribution is 2.35. The number of hydrogen-bond acceptors (Lipinski definition) is 5. The van der Waals surface area contributed by atoms with E-state index in [0.717, 1.165) is 54.5 Å². The molecular weight excluding hydrogens is 484 g/mol. The van der Waals surface area contributed by atoms with Crippen molar-refractivity contribution in [3.63, 3.8) is 0 Å². The zero-order chi connectivity index (χ0) is 23.8. The predicted octanol–water partition coefficient (Wildman–Crippen LogP) is 5.67. The van der Waals surface area contributed by atoms with Crippen molar-refractivity contribution in [2.45, 2.75) is 65.0 Å². The Morgan fingerprint density at radius 2 is 1.79 bits per heavy atom. The second kappa shape index (κ2) is 12.1. The van der Waals surface area contributed by atoms with Crippen molar-refractivity contribution in [3.8, 4) is 11.1 Å². The molecule has 0 amide bonds. The van der Waals surface area contributed by atoms with Gasteiger partial charge in [0.05, 0.1) is 18.9 Å². The van der Waals surface area contributed by atoms with Gasteiger partial charge in [-0.1, -0.05) is 30.3 Å². The number of esters is 1. The SMILES string of the molecule is COCCc1nn(CC2CCC(COCC(=O)OC(C)(C)C)CC2)c(Br)c1-c1ccccc1. The van der Waals surface area contributed by atoms with Crippen molar-refractivity contribution in [1.29, 1.82) is 0 Å². The minimum absolute atomic E-state index is 0.0317. The molecule has 1 aliphatic rings. The topological polar surface area (TPSA) is 62.6 Å². The fourth-order valence-corrected chi connectivity index (χ4v) is 5.06. The number of aromatic nitrogens is 2. The molecule has 0 N–H and O–H groups in total. The van der Waals surface area contributed by atoms with Gasteiger partial charge in [-0.15, -0.1) is 0 Å². The summed E-state index contributed by atoms with van der Waals surface area (Å²) in [5, 5.41) is 4.95. The van der Waals surface area contributed by atoms with E-state index in [0.29, 0.717) is 25.0 Å². The molecule has 1 heterocycles. The molecule has 0 unspecified atom stereocenters. The second-order valence-electron chi connectivity index (χ2n) is 9.89. The molecule has 1 aromatic heterocycles. The molecule has 0 bridgehead atoms. The third-order valence-electron chi connectivity index (χ3n) is 5.96. The number of hydrogen-bond donors (Lipinski definition) is 0. The Bertz CT molecular complexity index is 884. The van der Waals surface area contributed by atoms with Gasteiger partial charge >= 0.3 is 5.97 Å². The van der Waals surface area contributed by atoms with Gasteiger partial charge in [-0.25, -0.2) is 4.79 Å². The Hall–Kier alpha value is -1.70. The Kier molecular flexibility index (Phi) is 9.53. The van der Waals surface area contributed by atoms with Gasteiger partial charge in [0, 0.05) is 25.6 Å². The summed E-state index contributed by atoms with van der Waals surface area (Å²) >= 11 is 3.83. The molecule has 1 aliphatic carbocycles. The number of ether oxygens (including phenoxy) is 3. The number of rotatable bonds is 10. The Labute approximate surface area is 206 Å². The zero-order valence-corrected chi connectivity index (χ0v) is 21.9. The van der Waals surface area contributed by atoms with Crippen LogP contribution in [0.15, 0.2) is 34.9 Å². The number of methoxy groups -OCH3 is 1. The van der Waals surface area contributed by atoms with Gasteiger partial charge in [0.1, 0.15) is 16.8 Å². The first kappa shape index (κ1) is 25.9. The number of carbonyl (C=O) groups is 1. The molecule has 0 atom stereocenters. The maximum absolute atomic E-state index is 11.8. The van der Waals surface area contributed by atoms with E-state index >= 15 is 0 Å². The first-order valence-corrected chi connectivity index (χ1v) is 12.6. The van der Waals surface area contributed by atoms with Crippen molar-refractivity contribution in [2.75, 3.05) is 26.9 Å². The lowest BCUT2D eigenvalue weighted by atomic mass is 9.82. The van der Waals surface area contributed by atoms with Crippen molar-refractivity contribution in [3.05, 3.63) is 40.6 Å². The molecule has 2 aromatic rings. The third-order valence-corrected chi connectivity index (χ3v) is 6.77. The summed E-state index contributed by atoms with van der Waals surface area (Å²) in [6.07, 6.45) is 5.29. The number of carbonyl (C=O) groups excluding carboxylic acids is 1. The van der Waals surface area contributed by atoms with E-state index < -0.39 is 5.60 Å². The summed E-state index contributed by atoms with van der Waals surface area (Å²) in [6, 6.07) is 10.4. The van der Waals surface area contributed by atoms with E-state index in [1.165, 1.54) is 5.56 Å². The molecule has 0 radical (unpaired) electrons. The van der Waals surface area contributed by atoms with E-state index in [2.05, 4.69) is 44.9 Å². The minimum Gasteiger partial charge on any atom is -0.458 e. The lowest BCUT2D eigenvalue weighted by molar-refractivity contribution is -0.160. The van der Waals surface area contributed by atoms with E-state index in [9.17, 15) is 4.79 Å². The fraction of sp³-hybridized carbons (Fsp3) is 0.615. The van der Waals surface area contributed by atoms with Gasteiger partial charge < -0.3 is 14.2 Å². The monoisotopic (exact) mass is 520 g/mol. The van der Waals surface area contributed by atoms with Crippen molar-refractivity contribution in [2.24, 2.45) is 11.8 Å². The van der Waals surface area contributed by atoms with E-state index in [1.54, 1.807) is 7.11 Å². The van der Waals surface area contributed by atoms with Crippen LogP contribution in [0.5, 0.6) is 0 Å². The minimum atomic E-state index is -0.469. The third kappa shape index (κ3) is 7.94. The van der Waals surface area contributed by atoms with Crippen LogP contribution in [0.25, 0.3) is 11.1 Å². The molecule has 0 aliphatic heterocycles. The van der Waals surface area contributed by atoms with E-state index in [4.69, 9.17) is 19.3 Å². The highest BCUT2D eigenvalue weighted by molar-refractivity contribution is 9.10. The highest BCUT2D eigenvalue weighted by Gasteiger charge is 2.25. The lowest BCUT2D eigenvalue weighted by Gasteiger charge is -2.28. The molecule has 1 saturated carbocycles. The van der Waals surface area contributed by atoms with E-state index in [-0.39, 0.29) is 12.6 Å². The summed E-state index contributed by atoms with van der Waals surface area (Å²) in [6.45, 7) is 7.81. The first-order chi connectivity index (χ1) is 15.8. The average molecular weight is 521 g/mol. The quantitative estimate of drug-likeness (QED) is 0.378. The van der Waals surface area contributed by atoms with Gasteiger partial charge in [-0.3, -0.25) is 4.68 Å². The highest BCUT2D eigenvalue weighted by atomic mass is 79.9. The molecule has 1 aromatic carbocycles. The van der Waals surface area contributed by atoms with Crippen LogP contribution >= 0.6 is 15.9 Å². The predicted molar refractivity (Wildman–Crippen MR) is 133 cm³/mol. The average Bonchev–Trinajstić information content (AvgIpc) is 3.07. The standard InChI is InChI=1S/C26H37BrN2O4/c1-26(2,3)33-23(30)18-32-17-20-12-10-19(11-13-20)16-29-25(27)24(21-8-6-5-7-9-21)22(28-29)14-15-31-4/h5-9,19-20H,10-18H2,1-4H3. The van der Waals surface area contributed by atoms with Crippen LogP contribution in [0.2, 0.25) is 0 Å². The van der Waals surface area contributed by atoms with Crippen LogP contribution in [0, 0.1) is 11.8 Å². The molecular formula is C26H37BrN2O4. The Morgan fingerprint density at radius 1 is 1.12 bits per heavy atom. The Balaban J connectivity index is 1.53. The molecule has 1 fully saturated rings. The maximum Gasteiger partial charge on any atom is 0.332 e. The van der Waals surface area contributed by atoms with Crippen LogP contribution in [-0.4, -0.2) is 48.3 Å². The zero-order valence-electron chi connectivity index (χ0n) is 20.3. The molecule has 3 rings (SSSR count). The second-order valence-corrected chi connectivity index (χ2v) is 10.6. The summed E-state index contributed by atoms with van der Waals surface area (Å²) in [4.78, 5) is 11.8. The van der Waals surface area contributed by atoms with E-state index in [1.807, 2.05) is 26.8 Å². The van der Waals surface area contributed by atoms with Crippen molar-refractivity contribution >= 4 is 21.9 Å². The van der Waals surface area contributed by atoms with Crippen molar-refractivity contribution < 1.29 is 19.0 Å². The van der Waals surface area contributed by atoms with Crippen LogP contribution in [0.1, 0.15) is 52.1 Å². The van der Waals surface area contributed by atoms with Gasteiger partial charge in [0.2, 0.25) is 0 Å². The van der Waals surface area contributed by atoms with Gasteiger partial charge in [0.15, 0.2) is 0 Å². The van der Waals surface area contributed by atoms with Crippen LogP contribution in [0.4, 0.5) is 0 Å². The number of nitrogens with zero attached hydrogens (tertiary/aromatic N) is 2. The van der Waals surface area contributed by atoms with Crippen molar-refractivity contribution in [1.82, 2.24) is 9.78 Å². The fourth-order valence-electron chi connectivity index (χ4n) is 4.38. The Morgan fingerprint density at radius 3 is 2.42 bits per heavy atom. The van der Waals surface area contributed by atoms with Gasteiger partial charge in [0.25, 0.3) is 0 Å². The molecule has 0 saturated heterocycles. The summed E-state index contributed by atoms with van der Waals surface area (Å²) in [7, 11) is 1.73. The largest absolute Gasteiger partial charge is 0.458 e. The normalized spacial score (nSPS) is 18.9. The molecule has 33 heavy (non-hydrogen) atoms. The van der Waals surface area contributed by atoms with Gasteiger partial charge in [-0.2, -0.15) is 5.10 Å². The summed E-state index contributed by atoms with van der Waals surface area (Å²) < 4.78 is 19.4. The number of halogens is 1. The summed E-state index contributed by atoms with van der Waals surface area (Å²) in [5.74, 6) is 0.794. The number of benzene rings is 1. The lowest BCUT2D eigenvalue weighted by Crippen LogP contribution is -2.28. The summed E-state index contributed by atoms with van der Waals surface area (Å²) in [5.41, 5.74) is 2.94. The van der Waals surface area contributed by atoms with Crippen LogP contribution in [0.3, 0.4) is 0 Å². The van der Waals surface area contributed by atoms with Crippen LogP contribution in [-0.2, 0) is 32.0 Å². The molecule has 7 heteroatoms. The first-order valence-electron chi connectivity index (χ1n) is 11.9. The van der Waals surface area contributed by atoms with Crippen LogP contribution < -0.4 is 0 Å². The molecule has 0 spiro atoms. The maximum atomic E-state index is 11.8. The molecule has 182 valence electrons. The van der Waals surface area contributed by atoms with Gasteiger partial charge in [-0.05, 0) is 79.8 Å².